The smallest absolute Gasteiger partial charge is 0.156 e. The summed E-state index contributed by atoms with van der Waals surface area (Å²) in [6.07, 6.45) is 3.82. The maximum absolute atomic E-state index is 4.47. The Kier molecular flexibility index (Phi) is 4.49. The van der Waals surface area contributed by atoms with Gasteiger partial charge >= 0.3 is 0 Å². The molecule has 1 N–H and O–H groups in total. The van der Waals surface area contributed by atoms with Crippen molar-refractivity contribution in [1.82, 2.24) is 24.9 Å². The summed E-state index contributed by atoms with van der Waals surface area (Å²) in [7, 11) is 1.96. The Bertz CT molecular complexity index is 808. The first kappa shape index (κ1) is 18.4. The van der Waals surface area contributed by atoms with Crippen LogP contribution < -0.4 is 5.32 Å². The van der Waals surface area contributed by atoms with Crippen molar-refractivity contribution in [2.45, 2.75) is 40.7 Å². The lowest BCUT2D eigenvalue weighted by Gasteiger charge is -2.32. The van der Waals surface area contributed by atoms with Gasteiger partial charge in [-0.15, -0.1) is 5.10 Å². The number of likely N-dealkylation sites (tertiary alicyclic amines) is 1. The summed E-state index contributed by atoms with van der Waals surface area (Å²) < 4.78 is 1.86. The summed E-state index contributed by atoms with van der Waals surface area (Å²) in [5, 5.41) is 16.7. The molecule has 1 saturated heterocycles. The van der Waals surface area contributed by atoms with Gasteiger partial charge in [0.2, 0.25) is 0 Å². The molecule has 2 aromatic heterocycles. The lowest BCUT2D eigenvalue weighted by molar-refractivity contribution is 0.171. The van der Waals surface area contributed by atoms with Crippen LogP contribution in [0.25, 0.3) is 11.1 Å². The van der Waals surface area contributed by atoms with E-state index in [-0.39, 0.29) is 0 Å². The fraction of sp³-hybridized carbons (Fsp3) is 0.667. The van der Waals surface area contributed by atoms with Gasteiger partial charge in [0.25, 0.3) is 0 Å². The van der Waals surface area contributed by atoms with Crippen molar-refractivity contribution in [2.75, 3.05) is 25.0 Å². The van der Waals surface area contributed by atoms with Gasteiger partial charge < -0.3 is 10.2 Å². The van der Waals surface area contributed by atoms with Gasteiger partial charge in [0.1, 0.15) is 0 Å². The molecule has 3 heterocycles. The average molecular weight is 369 g/mol. The molecule has 2 aromatic rings. The summed E-state index contributed by atoms with van der Waals surface area (Å²) in [5.41, 5.74) is 3.62. The van der Waals surface area contributed by atoms with Crippen LogP contribution in [0.15, 0.2) is 18.5 Å². The molecule has 6 heteroatoms. The van der Waals surface area contributed by atoms with Crippen LogP contribution in [-0.2, 0) is 7.05 Å². The second kappa shape index (κ2) is 6.59. The molecule has 2 aliphatic rings. The van der Waals surface area contributed by atoms with Crippen LogP contribution in [0, 0.1) is 30.1 Å². The van der Waals surface area contributed by atoms with Crippen molar-refractivity contribution in [2.24, 2.45) is 30.2 Å². The van der Waals surface area contributed by atoms with E-state index in [1.54, 1.807) is 6.20 Å². The number of aryl methyl sites for hydroxylation is 2. The monoisotopic (exact) mass is 368 g/mol. The van der Waals surface area contributed by atoms with Crippen LogP contribution in [0.4, 0.5) is 5.82 Å². The van der Waals surface area contributed by atoms with E-state index >= 15 is 0 Å². The molecule has 0 radical (unpaired) electrons. The van der Waals surface area contributed by atoms with Crippen molar-refractivity contribution >= 4 is 5.82 Å². The molecule has 146 valence electrons. The van der Waals surface area contributed by atoms with Crippen molar-refractivity contribution in [3.8, 4) is 11.1 Å². The third-order valence-electron chi connectivity index (χ3n) is 6.61. The van der Waals surface area contributed by atoms with Gasteiger partial charge in [0, 0.05) is 50.0 Å². The Morgan fingerprint density at radius 2 is 1.93 bits per heavy atom. The van der Waals surface area contributed by atoms with Gasteiger partial charge in [0.05, 0.1) is 11.9 Å². The van der Waals surface area contributed by atoms with Crippen LogP contribution in [0.3, 0.4) is 0 Å². The lowest BCUT2D eigenvalue weighted by Crippen LogP contribution is -2.35. The van der Waals surface area contributed by atoms with Crippen molar-refractivity contribution in [3.05, 3.63) is 24.2 Å². The Hall–Kier alpha value is -1.95. The molecule has 2 fully saturated rings. The summed E-state index contributed by atoms with van der Waals surface area (Å²) >= 11 is 0. The maximum Gasteiger partial charge on any atom is 0.156 e. The fourth-order valence-electron chi connectivity index (χ4n) is 4.32. The normalized spacial score (nSPS) is 26.1. The van der Waals surface area contributed by atoms with E-state index in [2.05, 4.69) is 59.4 Å². The van der Waals surface area contributed by atoms with Gasteiger partial charge in [-0.3, -0.25) is 4.68 Å². The minimum Gasteiger partial charge on any atom is -0.365 e. The third-order valence-corrected chi connectivity index (χ3v) is 6.61. The van der Waals surface area contributed by atoms with Crippen LogP contribution >= 0.6 is 0 Å². The number of nitrogens with zero attached hydrogens (tertiary/aromatic N) is 5. The largest absolute Gasteiger partial charge is 0.365 e. The van der Waals surface area contributed by atoms with E-state index in [0.29, 0.717) is 17.4 Å². The highest BCUT2D eigenvalue weighted by Crippen LogP contribution is 2.48. The van der Waals surface area contributed by atoms with E-state index in [9.17, 15) is 0 Å². The number of hydrogen-bond donors (Lipinski definition) is 1. The molecule has 0 spiro atoms. The summed E-state index contributed by atoms with van der Waals surface area (Å²) in [6, 6.07) is 2.56. The van der Waals surface area contributed by atoms with E-state index in [1.165, 1.54) is 19.6 Å². The molecule has 1 unspecified atom stereocenters. The van der Waals surface area contributed by atoms with Crippen LogP contribution in [0.5, 0.6) is 0 Å². The standard InChI is InChI=1S/C21H32N6/c1-13(21(3,4)5)9-27-11-17-18(12-27)19(17)23-20-15(7-8-22-24-20)16-10-26(6)25-14(16)2/h7-8,10,13,17-19H,9,11-12H2,1-6H3,(H,23,24)/t13?,17-,18+,19+. The highest BCUT2D eigenvalue weighted by atomic mass is 15.3. The minimum absolute atomic E-state index is 0.376. The number of aromatic nitrogens is 4. The molecule has 0 amide bonds. The van der Waals surface area contributed by atoms with Crippen molar-refractivity contribution < 1.29 is 0 Å². The van der Waals surface area contributed by atoms with Crippen molar-refractivity contribution in [3.63, 3.8) is 0 Å². The Morgan fingerprint density at radius 3 is 2.52 bits per heavy atom. The quantitative estimate of drug-likeness (QED) is 0.878. The molecule has 0 aromatic carbocycles. The first-order chi connectivity index (χ1) is 12.7. The number of rotatable bonds is 5. The summed E-state index contributed by atoms with van der Waals surface area (Å²) in [4.78, 5) is 2.65. The predicted molar refractivity (Wildman–Crippen MR) is 108 cm³/mol. The third kappa shape index (κ3) is 3.59. The number of nitrogens with one attached hydrogen (secondary N) is 1. The second-order valence-electron chi connectivity index (χ2n) is 9.58. The van der Waals surface area contributed by atoms with Gasteiger partial charge in [-0.05, 0) is 36.2 Å². The summed E-state index contributed by atoms with van der Waals surface area (Å²) in [5.74, 6) is 3.08. The number of hydrogen-bond acceptors (Lipinski definition) is 5. The fourth-order valence-corrected chi connectivity index (χ4v) is 4.32. The Balaban J connectivity index is 1.40. The van der Waals surface area contributed by atoms with E-state index in [0.717, 1.165) is 34.5 Å². The summed E-state index contributed by atoms with van der Waals surface area (Å²) in [6.45, 7) is 15.0. The van der Waals surface area contributed by atoms with Gasteiger partial charge in [-0.2, -0.15) is 10.2 Å². The lowest BCUT2D eigenvalue weighted by atomic mass is 9.82. The SMILES string of the molecule is Cc1nn(C)cc1-c1ccnnc1N[C@H]1[C@@H]2CN(CC(C)C(C)(C)C)C[C@@H]21. The molecule has 1 aliphatic carbocycles. The second-order valence-corrected chi connectivity index (χ2v) is 9.58. The molecule has 1 saturated carbocycles. The number of piperidine rings is 1. The van der Waals surface area contributed by atoms with E-state index in [4.69, 9.17) is 0 Å². The molecule has 6 nitrogen and oxygen atoms in total. The molecule has 0 bridgehead atoms. The zero-order valence-electron chi connectivity index (χ0n) is 17.4. The van der Waals surface area contributed by atoms with Crippen molar-refractivity contribution in [1.29, 1.82) is 0 Å². The molecule has 27 heavy (non-hydrogen) atoms. The van der Waals surface area contributed by atoms with Gasteiger partial charge in [-0.25, -0.2) is 0 Å². The molecule has 4 atom stereocenters. The number of anilines is 1. The molecule has 1 aliphatic heterocycles. The molecule has 4 rings (SSSR count). The molecular formula is C21H32N6. The van der Waals surface area contributed by atoms with E-state index < -0.39 is 0 Å². The highest BCUT2D eigenvalue weighted by molar-refractivity contribution is 5.76. The first-order valence-electron chi connectivity index (χ1n) is 10.0. The van der Waals surface area contributed by atoms with Crippen LogP contribution in [0.1, 0.15) is 33.4 Å². The van der Waals surface area contributed by atoms with Crippen LogP contribution in [-0.4, -0.2) is 50.6 Å². The van der Waals surface area contributed by atoms with Crippen LogP contribution in [0.2, 0.25) is 0 Å². The maximum atomic E-state index is 4.47. The minimum atomic E-state index is 0.376. The van der Waals surface area contributed by atoms with E-state index in [1.807, 2.05) is 24.7 Å². The zero-order chi connectivity index (χ0) is 19.3. The number of fused-ring (bicyclic) bond motifs is 1. The average Bonchev–Trinajstić information content (AvgIpc) is 2.92. The van der Waals surface area contributed by atoms with Gasteiger partial charge in [0.15, 0.2) is 5.82 Å². The first-order valence-corrected chi connectivity index (χ1v) is 10.0. The van der Waals surface area contributed by atoms with Gasteiger partial charge in [-0.1, -0.05) is 27.7 Å². The zero-order valence-corrected chi connectivity index (χ0v) is 17.4. The molecular weight excluding hydrogens is 336 g/mol. The Labute approximate surface area is 162 Å². The highest BCUT2D eigenvalue weighted by Gasteiger charge is 2.56. The predicted octanol–water partition coefficient (Wildman–Crippen LogP) is 3.21. The topological polar surface area (TPSA) is 58.9 Å². The Morgan fingerprint density at radius 1 is 1.22 bits per heavy atom.